The molecule has 0 heterocycles. The minimum Gasteiger partial charge on any atom is -0.489 e. The molecule has 0 aliphatic rings. The third kappa shape index (κ3) is 6.05. The molecule has 0 atom stereocenters. The maximum Gasteiger partial charge on any atom is 0.266 e. The summed E-state index contributed by atoms with van der Waals surface area (Å²) in [5.41, 5.74) is 2.42. The largest absolute Gasteiger partial charge is 0.489 e. The van der Waals surface area contributed by atoms with Crippen molar-refractivity contribution in [2.45, 2.75) is 6.61 Å². The molecule has 0 bridgehead atoms. The second kappa shape index (κ2) is 10.1. The molecule has 0 aliphatic carbocycles. The number of benzene rings is 3. The summed E-state index contributed by atoms with van der Waals surface area (Å²) in [4.78, 5) is 12.4. The van der Waals surface area contributed by atoms with Crippen molar-refractivity contribution in [3.8, 4) is 11.8 Å². The Morgan fingerprint density at radius 3 is 2.34 bits per heavy atom. The SMILES string of the molecule is N#C/C(=C\c1ccc(OCc2ccc(Br)cc2)cc1)C(=O)Nc1ccccc1Br. The minimum atomic E-state index is -0.463. The van der Waals surface area contributed by atoms with Crippen LogP contribution in [0.25, 0.3) is 6.08 Å². The normalized spacial score (nSPS) is 10.9. The van der Waals surface area contributed by atoms with E-state index in [0.29, 0.717) is 18.0 Å². The highest BCUT2D eigenvalue weighted by atomic mass is 79.9. The van der Waals surface area contributed by atoms with Gasteiger partial charge in [-0.3, -0.25) is 4.79 Å². The Labute approximate surface area is 186 Å². The van der Waals surface area contributed by atoms with Crippen LogP contribution in [0.3, 0.4) is 0 Å². The predicted molar refractivity (Wildman–Crippen MR) is 121 cm³/mol. The van der Waals surface area contributed by atoms with Gasteiger partial charge in [0.25, 0.3) is 5.91 Å². The number of para-hydroxylation sites is 1. The third-order valence-corrected chi connectivity index (χ3v) is 5.22. The molecule has 0 unspecified atom stereocenters. The van der Waals surface area contributed by atoms with Gasteiger partial charge in [-0.05, 0) is 69.5 Å². The molecule has 0 aromatic heterocycles. The van der Waals surface area contributed by atoms with Gasteiger partial charge in [0.15, 0.2) is 0 Å². The molecule has 0 saturated heterocycles. The molecular formula is C23H16Br2N2O2. The maximum absolute atomic E-state index is 12.4. The van der Waals surface area contributed by atoms with Crippen molar-refractivity contribution >= 4 is 49.5 Å². The van der Waals surface area contributed by atoms with Gasteiger partial charge in [0.05, 0.1) is 5.69 Å². The third-order valence-electron chi connectivity index (χ3n) is 4.00. The summed E-state index contributed by atoms with van der Waals surface area (Å²) in [6.07, 6.45) is 1.55. The maximum atomic E-state index is 12.4. The molecule has 29 heavy (non-hydrogen) atoms. The Morgan fingerprint density at radius 2 is 1.69 bits per heavy atom. The molecule has 3 rings (SSSR count). The molecule has 0 fully saturated rings. The summed E-state index contributed by atoms with van der Waals surface area (Å²) in [6.45, 7) is 0.459. The average molecular weight is 512 g/mol. The lowest BCUT2D eigenvalue weighted by atomic mass is 10.1. The first-order valence-corrected chi connectivity index (χ1v) is 10.3. The summed E-state index contributed by atoms with van der Waals surface area (Å²) in [5.74, 6) is 0.246. The first-order chi connectivity index (χ1) is 14.0. The first-order valence-electron chi connectivity index (χ1n) is 8.70. The molecule has 1 amide bonds. The van der Waals surface area contributed by atoms with Gasteiger partial charge in [0.2, 0.25) is 0 Å². The monoisotopic (exact) mass is 510 g/mol. The number of hydrogen-bond donors (Lipinski definition) is 1. The molecule has 3 aromatic rings. The van der Waals surface area contributed by atoms with Crippen molar-refractivity contribution in [1.82, 2.24) is 0 Å². The van der Waals surface area contributed by atoms with Gasteiger partial charge in [-0.2, -0.15) is 5.26 Å². The fraction of sp³-hybridized carbons (Fsp3) is 0.0435. The van der Waals surface area contributed by atoms with Crippen LogP contribution in [0.15, 0.2) is 87.3 Å². The highest BCUT2D eigenvalue weighted by Crippen LogP contribution is 2.22. The Hall–Kier alpha value is -2.88. The summed E-state index contributed by atoms with van der Waals surface area (Å²) < 4.78 is 7.54. The van der Waals surface area contributed by atoms with E-state index >= 15 is 0 Å². The average Bonchev–Trinajstić information content (AvgIpc) is 2.74. The van der Waals surface area contributed by atoms with Gasteiger partial charge in [-0.15, -0.1) is 0 Å². The van der Waals surface area contributed by atoms with Crippen LogP contribution in [0.2, 0.25) is 0 Å². The van der Waals surface area contributed by atoms with Crippen molar-refractivity contribution in [1.29, 1.82) is 5.26 Å². The van der Waals surface area contributed by atoms with E-state index in [1.807, 2.05) is 60.7 Å². The van der Waals surface area contributed by atoms with Crippen LogP contribution in [0.1, 0.15) is 11.1 Å². The topological polar surface area (TPSA) is 62.1 Å². The van der Waals surface area contributed by atoms with E-state index in [4.69, 9.17) is 4.74 Å². The highest BCUT2D eigenvalue weighted by molar-refractivity contribution is 9.10. The zero-order chi connectivity index (χ0) is 20.6. The van der Waals surface area contributed by atoms with Gasteiger partial charge < -0.3 is 10.1 Å². The van der Waals surface area contributed by atoms with Crippen molar-refractivity contribution < 1.29 is 9.53 Å². The van der Waals surface area contributed by atoms with E-state index in [1.165, 1.54) is 0 Å². The molecule has 0 aliphatic heterocycles. The van der Waals surface area contributed by atoms with Gasteiger partial charge in [0, 0.05) is 8.95 Å². The van der Waals surface area contributed by atoms with Crippen molar-refractivity contribution in [2.24, 2.45) is 0 Å². The van der Waals surface area contributed by atoms with Crippen LogP contribution in [-0.2, 0) is 11.4 Å². The summed E-state index contributed by atoms with van der Waals surface area (Å²) in [6, 6.07) is 24.3. The van der Waals surface area contributed by atoms with Crippen LogP contribution >= 0.6 is 31.9 Å². The van der Waals surface area contributed by atoms with Crippen LogP contribution in [0, 0.1) is 11.3 Å². The van der Waals surface area contributed by atoms with Crippen molar-refractivity contribution in [3.05, 3.63) is 98.4 Å². The highest BCUT2D eigenvalue weighted by Gasteiger charge is 2.11. The van der Waals surface area contributed by atoms with Gasteiger partial charge >= 0.3 is 0 Å². The molecule has 3 aromatic carbocycles. The Morgan fingerprint density at radius 1 is 1.00 bits per heavy atom. The van der Waals surface area contributed by atoms with E-state index in [1.54, 1.807) is 24.3 Å². The molecule has 6 heteroatoms. The second-order valence-corrected chi connectivity index (χ2v) is 7.86. The Balaban J connectivity index is 1.65. The summed E-state index contributed by atoms with van der Waals surface area (Å²) >= 11 is 6.78. The molecule has 0 spiro atoms. The van der Waals surface area contributed by atoms with E-state index in [0.717, 1.165) is 20.1 Å². The Kier molecular flexibility index (Phi) is 7.23. The number of halogens is 2. The second-order valence-electron chi connectivity index (χ2n) is 6.09. The van der Waals surface area contributed by atoms with E-state index in [2.05, 4.69) is 37.2 Å². The zero-order valence-electron chi connectivity index (χ0n) is 15.2. The molecule has 1 N–H and O–H groups in total. The fourth-order valence-corrected chi connectivity index (χ4v) is 3.12. The zero-order valence-corrected chi connectivity index (χ0v) is 18.4. The predicted octanol–water partition coefficient (Wildman–Crippen LogP) is 6.34. The molecule has 144 valence electrons. The van der Waals surface area contributed by atoms with Crippen LogP contribution in [0.5, 0.6) is 5.75 Å². The number of nitriles is 1. The number of ether oxygens (including phenoxy) is 1. The quantitative estimate of drug-likeness (QED) is 0.310. The van der Waals surface area contributed by atoms with E-state index in [9.17, 15) is 10.1 Å². The summed E-state index contributed by atoms with van der Waals surface area (Å²) in [5, 5.41) is 12.1. The van der Waals surface area contributed by atoms with Crippen molar-refractivity contribution in [3.63, 3.8) is 0 Å². The number of carbonyl (C=O) groups excluding carboxylic acids is 1. The number of carbonyl (C=O) groups is 1. The first kappa shape index (κ1) is 20.8. The van der Waals surface area contributed by atoms with Gasteiger partial charge in [0.1, 0.15) is 24.0 Å². The lowest BCUT2D eigenvalue weighted by Crippen LogP contribution is -2.13. The molecule has 4 nitrogen and oxygen atoms in total. The lowest BCUT2D eigenvalue weighted by molar-refractivity contribution is -0.112. The van der Waals surface area contributed by atoms with Crippen LogP contribution in [0.4, 0.5) is 5.69 Å². The van der Waals surface area contributed by atoms with Crippen molar-refractivity contribution in [2.75, 3.05) is 5.32 Å². The standard InChI is InChI=1S/C23H16Br2N2O2/c24-19-9-5-17(6-10-19)15-29-20-11-7-16(8-12-20)13-18(14-26)23(28)27-22-4-2-1-3-21(22)25/h1-13H,15H2,(H,27,28)/b18-13+. The van der Waals surface area contributed by atoms with Crippen LogP contribution < -0.4 is 10.1 Å². The smallest absolute Gasteiger partial charge is 0.266 e. The number of rotatable bonds is 6. The molecule has 0 saturated carbocycles. The van der Waals surface area contributed by atoms with Crippen LogP contribution in [-0.4, -0.2) is 5.91 Å². The number of nitrogens with zero attached hydrogens (tertiary/aromatic N) is 1. The number of nitrogens with one attached hydrogen (secondary N) is 1. The number of amides is 1. The Bertz CT molecular complexity index is 1070. The minimum absolute atomic E-state index is 0.0179. The van der Waals surface area contributed by atoms with Gasteiger partial charge in [-0.25, -0.2) is 0 Å². The number of hydrogen-bond acceptors (Lipinski definition) is 3. The fourth-order valence-electron chi connectivity index (χ4n) is 2.48. The van der Waals surface area contributed by atoms with E-state index in [-0.39, 0.29) is 5.57 Å². The van der Waals surface area contributed by atoms with E-state index < -0.39 is 5.91 Å². The summed E-state index contributed by atoms with van der Waals surface area (Å²) in [7, 11) is 0. The molecule has 0 radical (unpaired) electrons. The lowest BCUT2D eigenvalue weighted by Gasteiger charge is -2.08. The van der Waals surface area contributed by atoms with Gasteiger partial charge in [-0.1, -0.05) is 52.3 Å². The molecular weight excluding hydrogens is 496 g/mol. The number of anilines is 1.